The lowest BCUT2D eigenvalue weighted by Crippen LogP contribution is -2.27. The van der Waals surface area contributed by atoms with Gasteiger partial charge in [-0.3, -0.25) is 4.79 Å². The Morgan fingerprint density at radius 3 is 2.86 bits per heavy atom. The predicted molar refractivity (Wildman–Crippen MR) is 89.7 cm³/mol. The second-order valence-electron chi connectivity index (χ2n) is 5.33. The Hall–Kier alpha value is -1.94. The molecular formula is C18H19NO2S. The first kappa shape index (κ1) is 15.0. The Balaban J connectivity index is 1.81. The number of benzene rings is 2. The first-order valence-electron chi connectivity index (χ1n) is 7.33. The van der Waals surface area contributed by atoms with Gasteiger partial charge in [0.05, 0.1) is 18.7 Å². The van der Waals surface area contributed by atoms with Crippen LogP contribution in [-0.4, -0.2) is 19.3 Å². The van der Waals surface area contributed by atoms with Crippen molar-refractivity contribution in [2.24, 2.45) is 0 Å². The summed E-state index contributed by atoms with van der Waals surface area (Å²) in [6.07, 6.45) is 3.98. The number of carbonyl (C=O) groups excluding carboxylic acids is 1. The third kappa shape index (κ3) is 2.83. The van der Waals surface area contributed by atoms with E-state index in [2.05, 4.69) is 17.4 Å². The fourth-order valence-electron chi connectivity index (χ4n) is 2.93. The summed E-state index contributed by atoms with van der Waals surface area (Å²) >= 11 is 1.63. The summed E-state index contributed by atoms with van der Waals surface area (Å²) in [5.74, 6) is 0.543. The molecule has 114 valence electrons. The monoisotopic (exact) mass is 313 g/mol. The third-order valence-corrected chi connectivity index (χ3v) is 4.82. The van der Waals surface area contributed by atoms with Crippen LogP contribution >= 0.6 is 11.8 Å². The number of thioether (sulfide) groups is 1. The lowest BCUT2D eigenvalue weighted by atomic mass is 10.1. The zero-order chi connectivity index (χ0) is 15.5. The largest absolute Gasteiger partial charge is 0.496 e. The molecule has 1 N–H and O–H groups in total. The van der Waals surface area contributed by atoms with Crippen LogP contribution < -0.4 is 10.1 Å². The van der Waals surface area contributed by atoms with Crippen LogP contribution in [0.4, 0.5) is 0 Å². The van der Waals surface area contributed by atoms with Crippen LogP contribution in [0, 0.1) is 0 Å². The summed E-state index contributed by atoms with van der Waals surface area (Å²) in [7, 11) is 1.60. The number of methoxy groups -OCH3 is 1. The molecule has 3 rings (SSSR count). The van der Waals surface area contributed by atoms with Gasteiger partial charge in [0, 0.05) is 4.90 Å². The van der Waals surface area contributed by atoms with Crippen molar-refractivity contribution in [2.75, 3.05) is 13.4 Å². The SMILES string of the molecule is COc1cc(SC)ccc1C(=O)NC1CCc2ccccc21. The van der Waals surface area contributed by atoms with Gasteiger partial charge in [-0.15, -0.1) is 11.8 Å². The maximum Gasteiger partial charge on any atom is 0.255 e. The van der Waals surface area contributed by atoms with Crippen LogP contribution in [0.15, 0.2) is 47.4 Å². The average Bonchev–Trinajstić information content (AvgIpc) is 2.97. The summed E-state index contributed by atoms with van der Waals surface area (Å²) in [5, 5.41) is 3.14. The molecule has 0 heterocycles. The summed E-state index contributed by atoms with van der Waals surface area (Å²) in [6, 6.07) is 14.1. The minimum Gasteiger partial charge on any atom is -0.496 e. The normalized spacial score (nSPS) is 16.2. The Morgan fingerprint density at radius 2 is 2.09 bits per heavy atom. The fraction of sp³-hybridized carbons (Fsp3) is 0.278. The van der Waals surface area contributed by atoms with Crippen molar-refractivity contribution in [3.05, 3.63) is 59.2 Å². The highest BCUT2D eigenvalue weighted by Gasteiger charge is 2.24. The number of fused-ring (bicyclic) bond motifs is 1. The van der Waals surface area contributed by atoms with Crippen molar-refractivity contribution in [3.63, 3.8) is 0 Å². The average molecular weight is 313 g/mol. The molecule has 1 atom stereocenters. The molecule has 0 bridgehead atoms. The summed E-state index contributed by atoms with van der Waals surface area (Å²) in [5.41, 5.74) is 3.15. The lowest BCUT2D eigenvalue weighted by molar-refractivity contribution is 0.0933. The minimum absolute atomic E-state index is 0.0776. The van der Waals surface area contributed by atoms with Gasteiger partial charge in [-0.2, -0.15) is 0 Å². The number of amides is 1. The Morgan fingerprint density at radius 1 is 1.27 bits per heavy atom. The number of aryl methyl sites for hydroxylation is 1. The van der Waals surface area contributed by atoms with E-state index in [-0.39, 0.29) is 11.9 Å². The number of hydrogen-bond donors (Lipinski definition) is 1. The highest BCUT2D eigenvalue weighted by molar-refractivity contribution is 7.98. The molecule has 0 fully saturated rings. The molecule has 1 aliphatic carbocycles. The molecule has 0 aromatic heterocycles. The van der Waals surface area contributed by atoms with Gasteiger partial charge >= 0.3 is 0 Å². The van der Waals surface area contributed by atoms with Gasteiger partial charge < -0.3 is 10.1 Å². The van der Waals surface area contributed by atoms with Gasteiger partial charge in [-0.25, -0.2) is 0 Å². The van der Waals surface area contributed by atoms with E-state index in [9.17, 15) is 4.79 Å². The number of ether oxygens (including phenoxy) is 1. The molecule has 2 aromatic carbocycles. The first-order valence-corrected chi connectivity index (χ1v) is 8.56. The molecule has 2 aromatic rings. The van der Waals surface area contributed by atoms with E-state index in [1.807, 2.05) is 36.6 Å². The van der Waals surface area contributed by atoms with Crippen LogP contribution in [0.2, 0.25) is 0 Å². The van der Waals surface area contributed by atoms with Gasteiger partial charge in [0.15, 0.2) is 0 Å². The van der Waals surface area contributed by atoms with E-state index in [1.54, 1.807) is 18.9 Å². The third-order valence-electron chi connectivity index (χ3n) is 4.09. The van der Waals surface area contributed by atoms with Crippen molar-refractivity contribution in [3.8, 4) is 5.75 Å². The molecule has 0 aliphatic heterocycles. The standard InChI is InChI=1S/C18H19NO2S/c1-21-17-11-13(22-2)8-9-15(17)18(20)19-16-10-7-12-5-3-4-6-14(12)16/h3-6,8-9,11,16H,7,10H2,1-2H3,(H,19,20). The van der Waals surface area contributed by atoms with Gasteiger partial charge in [-0.05, 0) is 48.4 Å². The molecular weight excluding hydrogens is 294 g/mol. The van der Waals surface area contributed by atoms with Crippen LogP contribution in [0.25, 0.3) is 0 Å². The maximum absolute atomic E-state index is 12.6. The minimum atomic E-state index is -0.0776. The number of hydrogen-bond acceptors (Lipinski definition) is 3. The van der Waals surface area contributed by atoms with Crippen molar-refractivity contribution >= 4 is 17.7 Å². The Bertz CT molecular complexity index is 699. The van der Waals surface area contributed by atoms with E-state index >= 15 is 0 Å². The van der Waals surface area contributed by atoms with Crippen molar-refractivity contribution in [1.82, 2.24) is 5.32 Å². The van der Waals surface area contributed by atoms with Gasteiger partial charge in [0.1, 0.15) is 5.75 Å². The summed E-state index contributed by atoms with van der Waals surface area (Å²) in [4.78, 5) is 13.7. The topological polar surface area (TPSA) is 38.3 Å². The van der Waals surface area contributed by atoms with Crippen molar-refractivity contribution < 1.29 is 9.53 Å². The predicted octanol–water partition coefficient (Wildman–Crippen LogP) is 3.83. The zero-order valence-corrected chi connectivity index (χ0v) is 13.6. The van der Waals surface area contributed by atoms with Crippen LogP contribution in [0.1, 0.15) is 33.9 Å². The number of nitrogens with one attached hydrogen (secondary N) is 1. The first-order chi connectivity index (χ1) is 10.7. The molecule has 22 heavy (non-hydrogen) atoms. The quantitative estimate of drug-likeness (QED) is 0.872. The number of carbonyl (C=O) groups is 1. The van der Waals surface area contributed by atoms with E-state index < -0.39 is 0 Å². The molecule has 0 radical (unpaired) electrons. The molecule has 0 spiro atoms. The summed E-state index contributed by atoms with van der Waals surface area (Å²) < 4.78 is 5.37. The Labute approximate surface area is 135 Å². The fourth-order valence-corrected chi connectivity index (χ4v) is 3.36. The lowest BCUT2D eigenvalue weighted by Gasteiger charge is -2.16. The van der Waals surface area contributed by atoms with E-state index in [0.29, 0.717) is 11.3 Å². The van der Waals surface area contributed by atoms with Crippen LogP contribution in [0.5, 0.6) is 5.75 Å². The molecule has 0 saturated heterocycles. The number of rotatable bonds is 4. The second kappa shape index (κ2) is 6.44. The van der Waals surface area contributed by atoms with E-state index in [1.165, 1.54) is 11.1 Å². The van der Waals surface area contributed by atoms with Gasteiger partial charge in [0.2, 0.25) is 0 Å². The van der Waals surface area contributed by atoms with Crippen LogP contribution in [0.3, 0.4) is 0 Å². The molecule has 3 nitrogen and oxygen atoms in total. The molecule has 1 amide bonds. The Kier molecular flexibility index (Phi) is 4.39. The highest BCUT2D eigenvalue weighted by atomic mass is 32.2. The molecule has 4 heteroatoms. The zero-order valence-electron chi connectivity index (χ0n) is 12.8. The van der Waals surface area contributed by atoms with E-state index in [4.69, 9.17) is 4.74 Å². The molecule has 1 unspecified atom stereocenters. The van der Waals surface area contributed by atoms with Crippen LogP contribution in [-0.2, 0) is 6.42 Å². The highest BCUT2D eigenvalue weighted by Crippen LogP contribution is 2.32. The van der Waals surface area contributed by atoms with Gasteiger partial charge in [-0.1, -0.05) is 24.3 Å². The second-order valence-corrected chi connectivity index (χ2v) is 6.21. The maximum atomic E-state index is 12.6. The summed E-state index contributed by atoms with van der Waals surface area (Å²) in [6.45, 7) is 0. The van der Waals surface area contributed by atoms with Crippen molar-refractivity contribution in [1.29, 1.82) is 0 Å². The van der Waals surface area contributed by atoms with E-state index in [0.717, 1.165) is 17.7 Å². The van der Waals surface area contributed by atoms with Gasteiger partial charge in [0.25, 0.3) is 5.91 Å². The van der Waals surface area contributed by atoms with Crippen molar-refractivity contribution in [2.45, 2.75) is 23.8 Å². The molecule has 0 saturated carbocycles. The molecule has 1 aliphatic rings. The smallest absolute Gasteiger partial charge is 0.255 e.